The lowest BCUT2D eigenvalue weighted by atomic mass is 10.1. The number of likely N-dealkylation sites (tertiary alicyclic amines) is 1. The minimum Gasteiger partial charge on any atom is -0.364 e. The largest absolute Gasteiger partial charge is 0.364 e. The Kier molecular flexibility index (Phi) is 2.61. The van der Waals surface area contributed by atoms with E-state index >= 15 is 0 Å². The zero-order valence-corrected chi connectivity index (χ0v) is 8.90. The Bertz CT molecular complexity index is 279. The van der Waals surface area contributed by atoms with Crippen molar-refractivity contribution in [3.05, 3.63) is 24.0 Å². The highest BCUT2D eigenvalue weighted by Gasteiger charge is 2.34. The lowest BCUT2D eigenvalue weighted by Crippen LogP contribution is -2.36. The fraction of sp³-hybridized carbons (Fsp3) is 0.636. The van der Waals surface area contributed by atoms with Crippen LogP contribution in [0.25, 0.3) is 0 Å². The molecule has 0 aliphatic carbocycles. The molecule has 2 rings (SSSR count). The van der Waals surface area contributed by atoms with Gasteiger partial charge in [0.1, 0.15) is 0 Å². The van der Waals surface area contributed by atoms with Crippen LogP contribution in [0.15, 0.2) is 18.3 Å². The van der Waals surface area contributed by atoms with E-state index in [1.165, 1.54) is 5.69 Å². The number of nitrogens with two attached hydrogens (primary N) is 1. The van der Waals surface area contributed by atoms with Crippen LogP contribution in [0.1, 0.15) is 32.0 Å². The Hall–Kier alpha value is -0.800. The van der Waals surface area contributed by atoms with Gasteiger partial charge in [0.2, 0.25) is 0 Å². The van der Waals surface area contributed by atoms with E-state index in [2.05, 4.69) is 29.8 Å². The van der Waals surface area contributed by atoms with Crippen molar-refractivity contribution in [2.45, 2.75) is 38.4 Å². The number of H-pyrrole nitrogens is 1. The molecule has 3 heteroatoms. The molecule has 3 N–H and O–H groups in total. The van der Waals surface area contributed by atoms with Crippen LogP contribution in [-0.2, 0) is 0 Å². The van der Waals surface area contributed by atoms with Crippen molar-refractivity contribution in [3.8, 4) is 0 Å². The summed E-state index contributed by atoms with van der Waals surface area (Å²) in [6.07, 6.45) is 3.07. The Labute approximate surface area is 85.3 Å². The summed E-state index contributed by atoms with van der Waals surface area (Å²) < 4.78 is 0. The summed E-state index contributed by atoms with van der Waals surface area (Å²) in [5.74, 6) is 0. The van der Waals surface area contributed by atoms with Gasteiger partial charge in [-0.2, -0.15) is 0 Å². The molecule has 1 aliphatic rings. The molecule has 1 fully saturated rings. The number of nitrogens with one attached hydrogen (secondary N) is 1. The first-order chi connectivity index (χ1) is 6.70. The van der Waals surface area contributed by atoms with E-state index in [0.29, 0.717) is 12.1 Å². The molecule has 0 saturated carbocycles. The summed E-state index contributed by atoms with van der Waals surface area (Å²) in [6, 6.07) is 5.39. The van der Waals surface area contributed by atoms with Crippen molar-refractivity contribution in [2.75, 3.05) is 6.54 Å². The lowest BCUT2D eigenvalue weighted by molar-refractivity contribution is 0.195. The first-order valence-corrected chi connectivity index (χ1v) is 5.34. The highest BCUT2D eigenvalue weighted by Crippen LogP contribution is 2.31. The summed E-state index contributed by atoms with van der Waals surface area (Å²) in [6.45, 7) is 5.57. The minimum absolute atomic E-state index is 0.274. The van der Waals surface area contributed by atoms with Crippen molar-refractivity contribution in [1.82, 2.24) is 9.88 Å². The molecule has 2 heterocycles. The fourth-order valence-electron chi connectivity index (χ4n) is 2.36. The summed E-state index contributed by atoms with van der Waals surface area (Å²) in [7, 11) is 0. The van der Waals surface area contributed by atoms with Crippen molar-refractivity contribution in [2.24, 2.45) is 5.73 Å². The second-order valence-electron chi connectivity index (χ2n) is 4.35. The predicted octanol–water partition coefficient (Wildman–Crippen LogP) is 1.50. The maximum Gasteiger partial charge on any atom is 0.0654 e. The Morgan fingerprint density at radius 3 is 2.93 bits per heavy atom. The van der Waals surface area contributed by atoms with Gasteiger partial charge in [-0.25, -0.2) is 0 Å². The van der Waals surface area contributed by atoms with Gasteiger partial charge in [-0.3, -0.25) is 4.90 Å². The summed E-state index contributed by atoms with van der Waals surface area (Å²) in [5.41, 5.74) is 7.39. The molecule has 3 nitrogen and oxygen atoms in total. The molecule has 0 spiro atoms. The van der Waals surface area contributed by atoms with E-state index in [4.69, 9.17) is 5.73 Å². The van der Waals surface area contributed by atoms with Gasteiger partial charge in [0, 0.05) is 30.5 Å². The van der Waals surface area contributed by atoms with Crippen LogP contribution in [0.3, 0.4) is 0 Å². The molecule has 1 saturated heterocycles. The Morgan fingerprint density at radius 1 is 1.57 bits per heavy atom. The molecule has 0 radical (unpaired) electrons. The summed E-state index contributed by atoms with van der Waals surface area (Å²) in [5, 5.41) is 0. The number of hydrogen-bond acceptors (Lipinski definition) is 2. The molecule has 78 valence electrons. The third-order valence-corrected chi connectivity index (χ3v) is 3.09. The molecule has 1 aliphatic heterocycles. The second kappa shape index (κ2) is 3.75. The zero-order valence-electron chi connectivity index (χ0n) is 8.90. The third kappa shape index (κ3) is 1.57. The SMILES string of the molecule is CC(C)N1CCC(N)C1c1ccc[nH]1. The Balaban J connectivity index is 2.22. The van der Waals surface area contributed by atoms with Crippen LogP contribution in [0.2, 0.25) is 0 Å². The first kappa shape index (κ1) is 9.74. The molecule has 1 aromatic heterocycles. The molecular formula is C11H19N3. The second-order valence-corrected chi connectivity index (χ2v) is 4.35. The van der Waals surface area contributed by atoms with E-state index in [1.54, 1.807) is 0 Å². The normalized spacial score (nSPS) is 28.9. The smallest absolute Gasteiger partial charge is 0.0654 e. The molecule has 0 aromatic carbocycles. The van der Waals surface area contributed by atoms with Gasteiger partial charge in [0.25, 0.3) is 0 Å². The van der Waals surface area contributed by atoms with Crippen molar-refractivity contribution in [1.29, 1.82) is 0 Å². The molecule has 2 atom stereocenters. The van der Waals surface area contributed by atoms with Crippen molar-refractivity contribution >= 4 is 0 Å². The van der Waals surface area contributed by atoms with E-state index in [0.717, 1.165) is 13.0 Å². The standard InChI is InChI=1S/C11H19N3/c1-8(2)14-7-5-9(12)11(14)10-4-3-6-13-10/h3-4,6,8-9,11,13H,5,7,12H2,1-2H3. The minimum atomic E-state index is 0.274. The number of hydrogen-bond donors (Lipinski definition) is 2. The first-order valence-electron chi connectivity index (χ1n) is 5.34. The highest BCUT2D eigenvalue weighted by atomic mass is 15.2. The van der Waals surface area contributed by atoms with E-state index < -0.39 is 0 Å². The van der Waals surface area contributed by atoms with Gasteiger partial charge < -0.3 is 10.7 Å². The van der Waals surface area contributed by atoms with Crippen LogP contribution in [-0.4, -0.2) is 28.5 Å². The van der Waals surface area contributed by atoms with Gasteiger partial charge >= 0.3 is 0 Å². The maximum absolute atomic E-state index is 6.14. The van der Waals surface area contributed by atoms with E-state index in [9.17, 15) is 0 Å². The quantitative estimate of drug-likeness (QED) is 0.747. The van der Waals surface area contributed by atoms with Crippen molar-refractivity contribution in [3.63, 3.8) is 0 Å². The van der Waals surface area contributed by atoms with Crippen LogP contribution in [0.5, 0.6) is 0 Å². The molecule has 2 unspecified atom stereocenters. The van der Waals surface area contributed by atoms with Crippen LogP contribution >= 0.6 is 0 Å². The molecule has 0 bridgehead atoms. The zero-order chi connectivity index (χ0) is 10.1. The van der Waals surface area contributed by atoms with E-state index in [-0.39, 0.29) is 6.04 Å². The van der Waals surface area contributed by atoms with Gasteiger partial charge in [0.05, 0.1) is 6.04 Å². The topological polar surface area (TPSA) is 45.0 Å². The number of nitrogens with zero attached hydrogens (tertiary/aromatic N) is 1. The van der Waals surface area contributed by atoms with Gasteiger partial charge in [0.15, 0.2) is 0 Å². The monoisotopic (exact) mass is 193 g/mol. The number of rotatable bonds is 2. The Morgan fingerprint density at radius 2 is 2.36 bits per heavy atom. The average Bonchev–Trinajstić information content (AvgIpc) is 2.71. The molecule has 1 aromatic rings. The van der Waals surface area contributed by atoms with Gasteiger partial charge in [-0.15, -0.1) is 0 Å². The van der Waals surface area contributed by atoms with Crippen LogP contribution in [0, 0.1) is 0 Å². The third-order valence-electron chi connectivity index (χ3n) is 3.09. The number of aromatic amines is 1. The number of aromatic nitrogens is 1. The molecule has 14 heavy (non-hydrogen) atoms. The van der Waals surface area contributed by atoms with E-state index in [1.807, 2.05) is 12.3 Å². The average molecular weight is 193 g/mol. The highest BCUT2D eigenvalue weighted by molar-refractivity contribution is 5.14. The van der Waals surface area contributed by atoms with Crippen molar-refractivity contribution < 1.29 is 0 Å². The lowest BCUT2D eigenvalue weighted by Gasteiger charge is -2.29. The van der Waals surface area contributed by atoms with Crippen LogP contribution in [0.4, 0.5) is 0 Å². The summed E-state index contributed by atoms with van der Waals surface area (Å²) in [4.78, 5) is 5.74. The molecular weight excluding hydrogens is 174 g/mol. The van der Waals surface area contributed by atoms with Gasteiger partial charge in [-0.1, -0.05) is 0 Å². The summed E-state index contributed by atoms with van der Waals surface area (Å²) >= 11 is 0. The maximum atomic E-state index is 6.14. The van der Waals surface area contributed by atoms with Crippen LogP contribution < -0.4 is 5.73 Å². The van der Waals surface area contributed by atoms with Gasteiger partial charge in [-0.05, 0) is 32.4 Å². The molecule has 0 amide bonds. The fourth-order valence-corrected chi connectivity index (χ4v) is 2.36. The predicted molar refractivity (Wildman–Crippen MR) is 58.0 cm³/mol.